The first-order chi connectivity index (χ1) is 6.15. The number of carboxylic acids is 1. The number of hydrogen-bond donors (Lipinski definition) is 2. The van der Waals surface area contributed by atoms with E-state index in [0.29, 0.717) is 11.9 Å². The molecule has 1 atom stereocenters. The molecule has 0 bridgehead atoms. The van der Waals surface area contributed by atoms with Crippen LogP contribution in [0.15, 0.2) is 0 Å². The van der Waals surface area contributed by atoms with Gasteiger partial charge in [-0.15, -0.1) is 11.8 Å². The van der Waals surface area contributed by atoms with Gasteiger partial charge in [-0.2, -0.15) is 0 Å². The Labute approximate surface area is 81.0 Å². The van der Waals surface area contributed by atoms with Crippen LogP contribution in [0.3, 0.4) is 0 Å². The standard InChI is InChI=1S/C8H13NO3S/c1-12-5-2-8(3-5)9-6(4-13-8)7(10)11/h5-6,9H,2-4H2,1H3,(H,10,11)/t5?,6-,8?/m1/s1. The van der Waals surface area contributed by atoms with E-state index in [1.165, 1.54) is 0 Å². The number of rotatable bonds is 2. The van der Waals surface area contributed by atoms with Crippen LogP contribution in [0.1, 0.15) is 12.8 Å². The van der Waals surface area contributed by atoms with E-state index in [-0.39, 0.29) is 10.9 Å². The summed E-state index contributed by atoms with van der Waals surface area (Å²) in [6, 6.07) is -0.372. The maximum atomic E-state index is 10.7. The topological polar surface area (TPSA) is 58.6 Å². The van der Waals surface area contributed by atoms with Gasteiger partial charge in [0.05, 0.1) is 11.0 Å². The highest BCUT2D eigenvalue weighted by molar-refractivity contribution is 8.01. The van der Waals surface area contributed by atoms with Gasteiger partial charge in [0.25, 0.3) is 0 Å². The van der Waals surface area contributed by atoms with E-state index < -0.39 is 5.97 Å². The first kappa shape index (κ1) is 9.30. The van der Waals surface area contributed by atoms with Crippen LogP contribution in [-0.2, 0) is 9.53 Å². The minimum Gasteiger partial charge on any atom is -0.480 e. The Bertz CT molecular complexity index is 227. The molecule has 1 spiro atoms. The van der Waals surface area contributed by atoms with Gasteiger partial charge in [-0.25, -0.2) is 0 Å². The summed E-state index contributed by atoms with van der Waals surface area (Å²) in [5, 5.41) is 11.9. The van der Waals surface area contributed by atoms with Crippen molar-refractivity contribution in [3.05, 3.63) is 0 Å². The van der Waals surface area contributed by atoms with Crippen molar-refractivity contribution in [2.24, 2.45) is 0 Å². The number of methoxy groups -OCH3 is 1. The predicted octanol–water partition coefficient (Wildman–Crippen LogP) is 0.281. The molecule has 2 rings (SSSR count). The second-order valence-corrected chi connectivity index (χ2v) is 5.01. The average molecular weight is 203 g/mol. The van der Waals surface area contributed by atoms with Crippen molar-refractivity contribution in [2.75, 3.05) is 12.9 Å². The number of ether oxygens (including phenoxy) is 1. The van der Waals surface area contributed by atoms with Crippen molar-refractivity contribution in [1.82, 2.24) is 5.32 Å². The van der Waals surface area contributed by atoms with Crippen LogP contribution >= 0.6 is 11.8 Å². The number of thioether (sulfide) groups is 1. The fraction of sp³-hybridized carbons (Fsp3) is 0.875. The maximum Gasteiger partial charge on any atom is 0.321 e. The summed E-state index contributed by atoms with van der Waals surface area (Å²) in [6.07, 6.45) is 2.17. The van der Waals surface area contributed by atoms with Gasteiger partial charge in [-0.3, -0.25) is 10.1 Å². The predicted molar refractivity (Wildman–Crippen MR) is 49.8 cm³/mol. The third kappa shape index (κ3) is 1.56. The zero-order chi connectivity index (χ0) is 9.47. The zero-order valence-electron chi connectivity index (χ0n) is 7.45. The Morgan fingerprint density at radius 1 is 1.69 bits per heavy atom. The maximum absolute atomic E-state index is 10.7. The second kappa shape index (κ2) is 3.15. The molecule has 2 fully saturated rings. The van der Waals surface area contributed by atoms with Gasteiger partial charge in [0.1, 0.15) is 6.04 Å². The lowest BCUT2D eigenvalue weighted by molar-refractivity contribution is -0.139. The van der Waals surface area contributed by atoms with Crippen LogP contribution in [0.5, 0.6) is 0 Å². The van der Waals surface area contributed by atoms with E-state index in [9.17, 15) is 4.79 Å². The van der Waals surface area contributed by atoms with Gasteiger partial charge in [0.15, 0.2) is 0 Å². The van der Waals surface area contributed by atoms with Crippen molar-refractivity contribution in [1.29, 1.82) is 0 Å². The fourth-order valence-corrected chi connectivity index (χ4v) is 3.40. The third-order valence-corrected chi connectivity index (χ3v) is 4.21. The number of aliphatic carboxylic acids is 1. The van der Waals surface area contributed by atoms with Crippen molar-refractivity contribution < 1.29 is 14.6 Å². The van der Waals surface area contributed by atoms with Crippen molar-refractivity contribution in [3.63, 3.8) is 0 Å². The van der Waals surface area contributed by atoms with Crippen LogP contribution in [0.2, 0.25) is 0 Å². The highest BCUT2D eigenvalue weighted by Gasteiger charge is 2.51. The van der Waals surface area contributed by atoms with Gasteiger partial charge in [-0.05, 0) is 0 Å². The van der Waals surface area contributed by atoms with Crippen molar-refractivity contribution >= 4 is 17.7 Å². The molecular weight excluding hydrogens is 190 g/mol. The largest absolute Gasteiger partial charge is 0.480 e. The Balaban J connectivity index is 1.89. The Morgan fingerprint density at radius 3 is 2.85 bits per heavy atom. The summed E-state index contributed by atoms with van der Waals surface area (Å²) in [5.74, 6) is -0.0728. The first-order valence-electron chi connectivity index (χ1n) is 4.32. The molecule has 5 heteroatoms. The quantitative estimate of drug-likeness (QED) is 0.675. The van der Waals surface area contributed by atoms with E-state index in [2.05, 4.69) is 5.32 Å². The molecule has 0 aromatic rings. The molecule has 1 saturated carbocycles. The highest BCUT2D eigenvalue weighted by atomic mass is 32.2. The van der Waals surface area contributed by atoms with E-state index in [1.54, 1.807) is 18.9 Å². The van der Waals surface area contributed by atoms with E-state index in [0.717, 1.165) is 12.8 Å². The molecule has 13 heavy (non-hydrogen) atoms. The summed E-state index contributed by atoms with van der Waals surface area (Å²) in [7, 11) is 1.70. The fourth-order valence-electron chi connectivity index (χ4n) is 1.85. The molecule has 0 aromatic carbocycles. The summed E-state index contributed by atoms with van der Waals surface area (Å²) in [4.78, 5) is 10.7. The molecular formula is C8H13NO3S. The highest BCUT2D eigenvalue weighted by Crippen LogP contribution is 2.47. The monoisotopic (exact) mass is 203 g/mol. The summed E-state index contributed by atoms with van der Waals surface area (Å²) in [5.41, 5.74) is 0. The molecule has 0 amide bonds. The van der Waals surface area contributed by atoms with Crippen LogP contribution < -0.4 is 5.32 Å². The minimum absolute atomic E-state index is 0.00370. The Morgan fingerprint density at radius 2 is 2.38 bits per heavy atom. The van der Waals surface area contributed by atoms with Gasteiger partial charge < -0.3 is 9.84 Å². The molecule has 4 nitrogen and oxygen atoms in total. The second-order valence-electron chi connectivity index (χ2n) is 3.61. The lowest BCUT2D eigenvalue weighted by Gasteiger charge is -2.43. The molecule has 1 saturated heterocycles. The molecule has 1 aliphatic heterocycles. The van der Waals surface area contributed by atoms with Gasteiger partial charge in [0, 0.05) is 25.7 Å². The zero-order valence-corrected chi connectivity index (χ0v) is 8.26. The molecule has 2 aliphatic rings. The number of carbonyl (C=O) groups is 1. The summed E-state index contributed by atoms with van der Waals surface area (Å²) < 4.78 is 5.17. The first-order valence-corrected chi connectivity index (χ1v) is 5.31. The van der Waals surface area contributed by atoms with E-state index in [1.807, 2.05) is 0 Å². The summed E-state index contributed by atoms with van der Waals surface area (Å²) in [6.45, 7) is 0. The summed E-state index contributed by atoms with van der Waals surface area (Å²) >= 11 is 1.72. The molecule has 1 aliphatic carbocycles. The normalized spacial score (nSPS) is 43.5. The molecule has 0 aromatic heterocycles. The van der Waals surface area contributed by atoms with Gasteiger partial charge in [0.2, 0.25) is 0 Å². The minimum atomic E-state index is -0.745. The smallest absolute Gasteiger partial charge is 0.321 e. The van der Waals surface area contributed by atoms with Crippen LogP contribution in [0.4, 0.5) is 0 Å². The van der Waals surface area contributed by atoms with Crippen LogP contribution in [0, 0.1) is 0 Å². The molecule has 1 heterocycles. The molecule has 74 valence electrons. The van der Waals surface area contributed by atoms with Gasteiger partial charge >= 0.3 is 5.97 Å². The number of carboxylic acid groups (broad SMARTS) is 1. The van der Waals surface area contributed by atoms with E-state index in [4.69, 9.17) is 9.84 Å². The Hall–Kier alpha value is -0.260. The van der Waals surface area contributed by atoms with E-state index >= 15 is 0 Å². The van der Waals surface area contributed by atoms with Gasteiger partial charge in [-0.1, -0.05) is 0 Å². The lowest BCUT2D eigenvalue weighted by Crippen LogP contribution is -2.55. The molecule has 0 unspecified atom stereocenters. The SMILES string of the molecule is COC1CC2(C1)N[C@@H](C(=O)O)CS2. The Kier molecular flexibility index (Phi) is 2.25. The van der Waals surface area contributed by atoms with Crippen molar-refractivity contribution in [3.8, 4) is 0 Å². The molecule has 2 N–H and O–H groups in total. The number of nitrogens with one attached hydrogen (secondary N) is 1. The van der Waals surface area contributed by atoms with Crippen LogP contribution in [0.25, 0.3) is 0 Å². The molecule has 0 radical (unpaired) electrons. The lowest BCUT2D eigenvalue weighted by atomic mass is 9.88. The average Bonchev–Trinajstić information content (AvgIpc) is 2.45. The van der Waals surface area contributed by atoms with Crippen molar-refractivity contribution in [2.45, 2.75) is 29.9 Å². The third-order valence-electron chi connectivity index (χ3n) is 2.71. The number of hydrogen-bond acceptors (Lipinski definition) is 4. The van der Waals surface area contributed by atoms with Crippen LogP contribution in [-0.4, -0.2) is 41.0 Å².